The molecule has 1 atom stereocenters. The Morgan fingerprint density at radius 2 is 1.90 bits per heavy atom. The van der Waals surface area contributed by atoms with Crippen LogP contribution >= 0.6 is 0 Å². The number of nitrogen functional groups attached to an aromatic ring is 1. The Morgan fingerprint density at radius 3 is 2.50 bits per heavy atom. The van der Waals surface area contributed by atoms with E-state index < -0.39 is 0 Å². The van der Waals surface area contributed by atoms with Gasteiger partial charge in [-0.1, -0.05) is 6.92 Å². The normalized spacial score (nSPS) is 18.9. The molecular formula is C16H27N3O. The van der Waals surface area contributed by atoms with E-state index in [1.165, 1.54) is 12.0 Å². The minimum atomic E-state index is 0.699. The maximum atomic E-state index is 5.91. The molecule has 4 heteroatoms. The lowest BCUT2D eigenvalue weighted by atomic mass is 10.1. The Bertz CT molecular complexity index is 428. The van der Waals surface area contributed by atoms with Crippen LogP contribution in [0.15, 0.2) is 18.2 Å². The molecule has 0 bridgehead atoms. The van der Waals surface area contributed by atoms with Crippen molar-refractivity contribution >= 4 is 5.69 Å². The molecule has 4 nitrogen and oxygen atoms in total. The van der Waals surface area contributed by atoms with Crippen molar-refractivity contribution in [3.05, 3.63) is 23.8 Å². The van der Waals surface area contributed by atoms with E-state index in [2.05, 4.69) is 29.7 Å². The summed E-state index contributed by atoms with van der Waals surface area (Å²) in [6, 6.07) is 6.69. The van der Waals surface area contributed by atoms with E-state index in [-0.39, 0.29) is 0 Å². The standard InChI is InChI=1S/C16H27N3O/c1-4-13(2)19-7-5-18(6-8-19)12-14-9-15(17)11-16(10-14)20-3/h9-11,13H,4-8,12,17H2,1-3H3. The summed E-state index contributed by atoms with van der Waals surface area (Å²) >= 11 is 0. The monoisotopic (exact) mass is 277 g/mol. The molecular weight excluding hydrogens is 250 g/mol. The van der Waals surface area contributed by atoms with Crippen LogP contribution in [0.2, 0.25) is 0 Å². The fraction of sp³-hybridized carbons (Fsp3) is 0.625. The summed E-state index contributed by atoms with van der Waals surface area (Å²) in [6.07, 6.45) is 1.23. The van der Waals surface area contributed by atoms with E-state index in [4.69, 9.17) is 10.5 Å². The first kappa shape index (κ1) is 15.1. The van der Waals surface area contributed by atoms with E-state index in [0.717, 1.165) is 44.2 Å². The van der Waals surface area contributed by atoms with Gasteiger partial charge in [0.25, 0.3) is 0 Å². The molecule has 1 aromatic rings. The van der Waals surface area contributed by atoms with Crippen LogP contribution in [0, 0.1) is 0 Å². The van der Waals surface area contributed by atoms with Crippen LogP contribution in [0.3, 0.4) is 0 Å². The summed E-state index contributed by atoms with van der Waals surface area (Å²) in [7, 11) is 1.68. The second kappa shape index (κ2) is 6.95. The SMILES string of the molecule is CCC(C)N1CCN(Cc2cc(N)cc(OC)c2)CC1. The largest absolute Gasteiger partial charge is 0.497 e. The van der Waals surface area contributed by atoms with Crippen molar-refractivity contribution in [3.8, 4) is 5.75 Å². The fourth-order valence-electron chi connectivity index (χ4n) is 2.77. The van der Waals surface area contributed by atoms with Crippen LogP contribution in [0.5, 0.6) is 5.75 Å². The third-order valence-corrected chi connectivity index (χ3v) is 4.25. The first-order valence-corrected chi connectivity index (χ1v) is 7.52. The minimum absolute atomic E-state index is 0.699. The Morgan fingerprint density at radius 1 is 1.20 bits per heavy atom. The summed E-state index contributed by atoms with van der Waals surface area (Å²) in [5.74, 6) is 0.846. The molecule has 20 heavy (non-hydrogen) atoms. The molecule has 1 saturated heterocycles. The van der Waals surface area contributed by atoms with Crippen molar-refractivity contribution in [2.24, 2.45) is 0 Å². The lowest BCUT2D eigenvalue weighted by Crippen LogP contribution is -2.48. The number of hydrogen-bond donors (Lipinski definition) is 1. The number of rotatable bonds is 5. The van der Waals surface area contributed by atoms with Gasteiger partial charge in [0, 0.05) is 50.5 Å². The molecule has 2 rings (SSSR count). The number of anilines is 1. The van der Waals surface area contributed by atoms with E-state index in [9.17, 15) is 0 Å². The number of methoxy groups -OCH3 is 1. The van der Waals surface area contributed by atoms with Crippen LogP contribution in [-0.2, 0) is 6.54 Å². The highest BCUT2D eigenvalue weighted by atomic mass is 16.5. The molecule has 0 spiro atoms. The average Bonchev–Trinajstić information content (AvgIpc) is 2.46. The Labute approximate surface area is 122 Å². The van der Waals surface area contributed by atoms with E-state index >= 15 is 0 Å². The summed E-state index contributed by atoms with van der Waals surface area (Å²) in [4.78, 5) is 5.07. The average molecular weight is 277 g/mol. The molecule has 1 unspecified atom stereocenters. The number of benzene rings is 1. The summed E-state index contributed by atoms with van der Waals surface area (Å²) < 4.78 is 5.28. The third kappa shape index (κ3) is 3.87. The van der Waals surface area contributed by atoms with Gasteiger partial charge in [-0.25, -0.2) is 0 Å². The van der Waals surface area contributed by atoms with Gasteiger partial charge in [-0.2, -0.15) is 0 Å². The fourth-order valence-corrected chi connectivity index (χ4v) is 2.77. The van der Waals surface area contributed by atoms with Gasteiger partial charge < -0.3 is 10.5 Å². The summed E-state index contributed by atoms with van der Waals surface area (Å²) in [6.45, 7) is 10.1. The molecule has 0 aromatic heterocycles. The number of nitrogens with zero attached hydrogens (tertiary/aromatic N) is 2. The maximum absolute atomic E-state index is 5.91. The van der Waals surface area contributed by atoms with Crippen molar-refractivity contribution in [1.82, 2.24) is 9.80 Å². The predicted molar refractivity (Wildman–Crippen MR) is 84.0 cm³/mol. The van der Waals surface area contributed by atoms with Crippen LogP contribution in [0.1, 0.15) is 25.8 Å². The van der Waals surface area contributed by atoms with Crippen molar-refractivity contribution in [3.63, 3.8) is 0 Å². The van der Waals surface area contributed by atoms with E-state index in [0.29, 0.717) is 6.04 Å². The molecule has 0 radical (unpaired) electrons. The van der Waals surface area contributed by atoms with Gasteiger partial charge in [0.2, 0.25) is 0 Å². The number of nitrogens with two attached hydrogens (primary N) is 1. The van der Waals surface area contributed by atoms with Crippen LogP contribution in [0.25, 0.3) is 0 Å². The van der Waals surface area contributed by atoms with Crippen LogP contribution in [0.4, 0.5) is 5.69 Å². The molecule has 2 N–H and O–H groups in total. The van der Waals surface area contributed by atoms with Gasteiger partial charge in [-0.15, -0.1) is 0 Å². The topological polar surface area (TPSA) is 41.7 Å². The van der Waals surface area contributed by atoms with Gasteiger partial charge in [-0.05, 0) is 31.0 Å². The first-order chi connectivity index (χ1) is 9.62. The second-order valence-electron chi connectivity index (χ2n) is 5.68. The van der Waals surface area contributed by atoms with Crippen molar-refractivity contribution in [2.75, 3.05) is 39.0 Å². The van der Waals surface area contributed by atoms with Crippen molar-refractivity contribution < 1.29 is 4.74 Å². The highest BCUT2D eigenvalue weighted by molar-refractivity contribution is 5.47. The maximum Gasteiger partial charge on any atom is 0.121 e. The molecule has 1 fully saturated rings. The van der Waals surface area contributed by atoms with Gasteiger partial charge in [0.15, 0.2) is 0 Å². The van der Waals surface area contributed by atoms with E-state index in [1.807, 2.05) is 12.1 Å². The smallest absolute Gasteiger partial charge is 0.121 e. The molecule has 0 amide bonds. The zero-order valence-corrected chi connectivity index (χ0v) is 12.9. The second-order valence-corrected chi connectivity index (χ2v) is 5.68. The van der Waals surface area contributed by atoms with Crippen molar-refractivity contribution in [2.45, 2.75) is 32.9 Å². The predicted octanol–water partition coefficient (Wildman–Crippen LogP) is 2.19. The van der Waals surface area contributed by atoms with Gasteiger partial charge in [0.05, 0.1) is 7.11 Å². The lowest BCUT2D eigenvalue weighted by Gasteiger charge is -2.37. The van der Waals surface area contributed by atoms with Gasteiger partial charge in [-0.3, -0.25) is 9.80 Å². The first-order valence-electron chi connectivity index (χ1n) is 7.52. The molecule has 0 aliphatic carbocycles. The number of ether oxygens (including phenoxy) is 1. The third-order valence-electron chi connectivity index (χ3n) is 4.25. The summed E-state index contributed by atoms with van der Waals surface area (Å²) in [5, 5.41) is 0. The lowest BCUT2D eigenvalue weighted by molar-refractivity contribution is 0.0963. The molecule has 1 heterocycles. The highest BCUT2D eigenvalue weighted by Gasteiger charge is 2.20. The molecule has 1 aromatic carbocycles. The van der Waals surface area contributed by atoms with E-state index in [1.54, 1.807) is 7.11 Å². The Kier molecular flexibility index (Phi) is 5.26. The van der Waals surface area contributed by atoms with Crippen LogP contribution in [-0.4, -0.2) is 49.1 Å². The minimum Gasteiger partial charge on any atom is -0.497 e. The Balaban J connectivity index is 1.91. The quantitative estimate of drug-likeness (QED) is 0.838. The highest BCUT2D eigenvalue weighted by Crippen LogP contribution is 2.20. The molecule has 1 aliphatic heterocycles. The molecule has 1 aliphatic rings. The zero-order chi connectivity index (χ0) is 14.5. The van der Waals surface area contributed by atoms with Crippen molar-refractivity contribution in [1.29, 1.82) is 0 Å². The number of hydrogen-bond acceptors (Lipinski definition) is 4. The van der Waals surface area contributed by atoms with Gasteiger partial charge in [0.1, 0.15) is 5.75 Å². The number of piperazine rings is 1. The zero-order valence-electron chi connectivity index (χ0n) is 12.9. The van der Waals surface area contributed by atoms with Gasteiger partial charge >= 0.3 is 0 Å². The molecule has 0 saturated carbocycles. The van der Waals surface area contributed by atoms with Crippen LogP contribution < -0.4 is 10.5 Å². The Hall–Kier alpha value is -1.26. The summed E-state index contributed by atoms with van der Waals surface area (Å²) in [5.41, 5.74) is 7.92. The molecule has 112 valence electrons.